The van der Waals surface area contributed by atoms with E-state index in [0.717, 1.165) is 35.1 Å². The molecule has 1 aromatic heterocycles. The largest absolute Gasteiger partial charge is 0.346 e. The van der Waals surface area contributed by atoms with Gasteiger partial charge in [0.25, 0.3) is 0 Å². The summed E-state index contributed by atoms with van der Waals surface area (Å²) in [5.41, 5.74) is 3.71. The van der Waals surface area contributed by atoms with Crippen LogP contribution in [0.1, 0.15) is 47.4 Å². The summed E-state index contributed by atoms with van der Waals surface area (Å²) >= 11 is 0. The molecule has 7 heteroatoms. The zero-order valence-electron chi connectivity index (χ0n) is 20.1. The monoisotopic (exact) mass is 480 g/mol. The van der Waals surface area contributed by atoms with Gasteiger partial charge in [-0.05, 0) is 36.5 Å². The second-order valence-corrected chi connectivity index (χ2v) is 8.99. The van der Waals surface area contributed by atoms with Crippen LogP contribution in [0.5, 0.6) is 0 Å². The second-order valence-electron chi connectivity index (χ2n) is 8.99. The zero-order valence-corrected chi connectivity index (χ0v) is 20.1. The third kappa shape index (κ3) is 4.91. The van der Waals surface area contributed by atoms with E-state index in [4.69, 9.17) is 4.52 Å². The lowest BCUT2D eigenvalue weighted by molar-refractivity contribution is -0.134. The number of hydrogen-bond donors (Lipinski definition) is 1. The van der Waals surface area contributed by atoms with E-state index >= 15 is 0 Å². The van der Waals surface area contributed by atoms with E-state index in [-0.39, 0.29) is 24.4 Å². The van der Waals surface area contributed by atoms with Crippen molar-refractivity contribution in [1.82, 2.24) is 20.4 Å². The average molecular weight is 481 g/mol. The highest BCUT2D eigenvalue weighted by Gasteiger charge is 2.34. The molecular formula is C29H28N4O3. The lowest BCUT2D eigenvalue weighted by Crippen LogP contribution is -2.41. The summed E-state index contributed by atoms with van der Waals surface area (Å²) in [7, 11) is 0. The Morgan fingerprint density at radius 3 is 2.28 bits per heavy atom. The highest BCUT2D eigenvalue weighted by molar-refractivity contribution is 5.91. The minimum Gasteiger partial charge on any atom is -0.346 e. The third-order valence-corrected chi connectivity index (χ3v) is 6.63. The first kappa shape index (κ1) is 23.5. The average Bonchev–Trinajstić information content (AvgIpc) is 3.59. The topological polar surface area (TPSA) is 88.3 Å². The van der Waals surface area contributed by atoms with Crippen molar-refractivity contribution < 1.29 is 14.1 Å². The van der Waals surface area contributed by atoms with E-state index in [9.17, 15) is 9.59 Å². The van der Waals surface area contributed by atoms with Crippen molar-refractivity contribution in [3.05, 3.63) is 108 Å². The number of benzene rings is 3. The molecule has 1 aliphatic rings. The molecule has 1 aliphatic heterocycles. The van der Waals surface area contributed by atoms with Gasteiger partial charge in [-0.3, -0.25) is 9.59 Å². The van der Waals surface area contributed by atoms with Crippen LogP contribution in [-0.4, -0.2) is 39.9 Å². The fraction of sp³-hybridized carbons (Fsp3) is 0.241. The lowest BCUT2D eigenvalue weighted by Gasteiger charge is -2.23. The second kappa shape index (κ2) is 10.6. The molecule has 2 heterocycles. The third-order valence-electron chi connectivity index (χ3n) is 6.63. The molecule has 1 N–H and O–H groups in total. The maximum absolute atomic E-state index is 13.3. The van der Waals surface area contributed by atoms with Gasteiger partial charge in [0.05, 0.1) is 12.5 Å². The fourth-order valence-electron chi connectivity index (χ4n) is 4.78. The van der Waals surface area contributed by atoms with E-state index in [0.29, 0.717) is 18.3 Å². The van der Waals surface area contributed by atoms with Crippen LogP contribution in [0.2, 0.25) is 0 Å². The van der Waals surface area contributed by atoms with Gasteiger partial charge < -0.3 is 14.7 Å². The molecule has 36 heavy (non-hydrogen) atoms. The predicted octanol–water partition coefficient (Wildman–Crippen LogP) is 4.66. The Morgan fingerprint density at radius 1 is 0.972 bits per heavy atom. The first-order valence-corrected chi connectivity index (χ1v) is 12.2. The summed E-state index contributed by atoms with van der Waals surface area (Å²) in [6.45, 7) is 2.49. The molecule has 1 saturated heterocycles. The van der Waals surface area contributed by atoms with Crippen LogP contribution in [-0.2, 0) is 9.59 Å². The Bertz CT molecular complexity index is 1300. The minimum absolute atomic E-state index is 0.0930. The molecular weight excluding hydrogens is 452 g/mol. The first-order valence-electron chi connectivity index (χ1n) is 12.2. The van der Waals surface area contributed by atoms with Crippen LogP contribution < -0.4 is 5.32 Å². The van der Waals surface area contributed by atoms with E-state index < -0.39 is 5.92 Å². The lowest BCUT2D eigenvalue weighted by atomic mass is 9.90. The number of carbonyl (C=O) groups is 2. The smallest absolute Gasteiger partial charge is 0.249 e. The van der Waals surface area contributed by atoms with Gasteiger partial charge in [0, 0.05) is 12.1 Å². The van der Waals surface area contributed by atoms with Gasteiger partial charge in [-0.1, -0.05) is 90.1 Å². The zero-order chi connectivity index (χ0) is 24.9. The fourth-order valence-corrected chi connectivity index (χ4v) is 4.78. The summed E-state index contributed by atoms with van der Waals surface area (Å²) in [6.07, 6.45) is 1.58. The normalized spacial score (nSPS) is 15.3. The summed E-state index contributed by atoms with van der Waals surface area (Å²) in [5.74, 6) is 0.0702. The van der Waals surface area contributed by atoms with Crippen molar-refractivity contribution >= 4 is 11.8 Å². The highest BCUT2D eigenvalue weighted by Crippen LogP contribution is 2.32. The highest BCUT2D eigenvalue weighted by atomic mass is 16.5. The van der Waals surface area contributed by atoms with Crippen molar-refractivity contribution in [2.24, 2.45) is 0 Å². The Labute approximate surface area is 210 Å². The van der Waals surface area contributed by atoms with Crippen LogP contribution in [0.15, 0.2) is 89.5 Å². The number of nitrogens with zero attached hydrogens (tertiary/aromatic N) is 3. The molecule has 3 aromatic carbocycles. The summed E-state index contributed by atoms with van der Waals surface area (Å²) in [6, 6.07) is 26.7. The Hall–Kier alpha value is -4.26. The van der Waals surface area contributed by atoms with Crippen molar-refractivity contribution in [1.29, 1.82) is 0 Å². The maximum Gasteiger partial charge on any atom is 0.249 e. The van der Waals surface area contributed by atoms with Gasteiger partial charge >= 0.3 is 0 Å². The quantitative estimate of drug-likeness (QED) is 0.416. The molecule has 0 bridgehead atoms. The minimum atomic E-state index is -0.498. The summed E-state index contributed by atoms with van der Waals surface area (Å²) in [4.78, 5) is 32.8. The maximum atomic E-state index is 13.3. The molecule has 1 unspecified atom stereocenters. The number of nitrogens with one attached hydrogen (secondary N) is 1. The molecule has 7 nitrogen and oxygen atoms in total. The van der Waals surface area contributed by atoms with Gasteiger partial charge in [-0.25, -0.2) is 0 Å². The van der Waals surface area contributed by atoms with Crippen molar-refractivity contribution in [2.75, 3.05) is 13.1 Å². The molecule has 182 valence electrons. The number of amides is 2. The predicted molar refractivity (Wildman–Crippen MR) is 136 cm³/mol. The SMILES string of the molecule is Cc1ccccc1-c1noc(C2CCCN2C(=O)CNC(=O)C(c2ccccc2)c2ccccc2)n1. The van der Waals surface area contributed by atoms with Crippen LogP contribution in [0, 0.1) is 6.92 Å². The van der Waals surface area contributed by atoms with E-state index in [1.807, 2.05) is 91.9 Å². The van der Waals surface area contributed by atoms with Crippen molar-refractivity contribution in [2.45, 2.75) is 31.7 Å². The van der Waals surface area contributed by atoms with Gasteiger partial charge in [0.1, 0.15) is 6.04 Å². The van der Waals surface area contributed by atoms with Gasteiger partial charge in [0.15, 0.2) is 0 Å². The number of hydrogen-bond acceptors (Lipinski definition) is 5. The molecule has 5 rings (SSSR count). The van der Waals surface area contributed by atoms with Crippen LogP contribution in [0.3, 0.4) is 0 Å². The van der Waals surface area contributed by atoms with E-state index in [1.165, 1.54) is 0 Å². The van der Waals surface area contributed by atoms with Gasteiger partial charge in [-0.15, -0.1) is 0 Å². The molecule has 1 atom stereocenters. The number of rotatable bonds is 7. The number of likely N-dealkylation sites (tertiary alicyclic amines) is 1. The molecule has 0 spiro atoms. The molecule has 0 aliphatic carbocycles. The Morgan fingerprint density at radius 2 is 1.61 bits per heavy atom. The number of aryl methyl sites for hydroxylation is 1. The molecule has 0 radical (unpaired) electrons. The van der Waals surface area contributed by atoms with Gasteiger partial charge in [-0.2, -0.15) is 4.98 Å². The van der Waals surface area contributed by atoms with E-state index in [1.54, 1.807) is 4.90 Å². The first-order chi connectivity index (χ1) is 17.6. The Balaban J connectivity index is 1.28. The van der Waals surface area contributed by atoms with Crippen LogP contribution in [0.4, 0.5) is 0 Å². The standard InChI is InChI=1S/C29H28N4O3/c1-20-11-8-9-16-23(20)27-31-29(36-32-27)24-17-10-18-33(24)25(34)19-30-28(35)26(21-12-4-2-5-13-21)22-14-6-3-7-15-22/h2-9,11-16,24,26H,10,17-19H2,1H3,(H,30,35). The molecule has 1 fully saturated rings. The number of aromatic nitrogens is 2. The summed E-state index contributed by atoms with van der Waals surface area (Å²) in [5, 5.41) is 7.03. The molecule has 0 saturated carbocycles. The van der Waals surface area contributed by atoms with Gasteiger partial charge in [0.2, 0.25) is 23.5 Å². The van der Waals surface area contributed by atoms with Crippen LogP contribution in [0.25, 0.3) is 11.4 Å². The van der Waals surface area contributed by atoms with Crippen LogP contribution >= 0.6 is 0 Å². The Kier molecular flexibility index (Phi) is 6.89. The van der Waals surface area contributed by atoms with Crippen molar-refractivity contribution in [3.63, 3.8) is 0 Å². The van der Waals surface area contributed by atoms with E-state index in [2.05, 4.69) is 15.5 Å². The van der Waals surface area contributed by atoms with Crippen molar-refractivity contribution in [3.8, 4) is 11.4 Å². The number of carbonyl (C=O) groups excluding carboxylic acids is 2. The summed E-state index contributed by atoms with van der Waals surface area (Å²) < 4.78 is 5.58. The molecule has 4 aromatic rings. The molecule has 2 amide bonds.